The van der Waals surface area contributed by atoms with Crippen molar-refractivity contribution in [2.24, 2.45) is 11.3 Å². The maximum Gasteiger partial charge on any atom is 1.00 e. The molecule has 18 heavy (non-hydrogen) atoms. The molecular formula is C11H21NNa2O4. The van der Waals surface area contributed by atoms with E-state index in [9.17, 15) is 9.59 Å². The monoisotopic (exact) mass is 277 g/mol. The minimum absolute atomic E-state index is 0. The smallest absolute Gasteiger partial charge is 1.00 e. The molecule has 96 valence electrons. The number of hydrogen-bond acceptors (Lipinski definition) is 3. The molecule has 0 aliphatic carbocycles. The molecule has 0 unspecified atom stereocenters. The van der Waals surface area contributed by atoms with Crippen molar-refractivity contribution in [3.8, 4) is 0 Å². The summed E-state index contributed by atoms with van der Waals surface area (Å²) in [5, 5.41) is 18.2. The molecule has 0 saturated carbocycles. The first-order valence-electron chi connectivity index (χ1n) is 5.62. The molecule has 1 heterocycles. The minimum atomic E-state index is -1.64. The number of rotatable bonds is 4. The van der Waals surface area contributed by atoms with Crippen LogP contribution in [0.25, 0.3) is 0 Å². The van der Waals surface area contributed by atoms with Gasteiger partial charge in [-0.3, -0.25) is 9.59 Å². The topological polar surface area (TPSA) is 77.8 Å². The third-order valence-electron chi connectivity index (χ3n) is 3.74. The summed E-state index contributed by atoms with van der Waals surface area (Å²) in [6.45, 7) is 5.88. The van der Waals surface area contributed by atoms with Crippen LogP contribution in [0.1, 0.15) is 29.5 Å². The van der Waals surface area contributed by atoms with Gasteiger partial charge >= 0.3 is 71.1 Å². The fourth-order valence-electron chi connectivity index (χ4n) is 2.27. The van der Waals surface area contributed by atoms with Crippen molar-refractivity contribution in [1.82, 2.24) is 4.90 Å². The zero-order valence-corrected chi connectivity index (χ0v) is 15.8. The standard InChI is InChI=1S/C11H19NO4.2Na.2H/c1-3-12-6-4-8(5-7-12)11(2,9(13)14)10(15)16;;;;/h8H,3-7H2,1-2H3,(H,13,14)(H,15,16);;;;/q;2*+1;2*-1. The quantitative estimate of drug-likeness (QED) is 0.398. The van der Waals surface area contributed by atoms with E-state index in [2.05, 4.69) is 4.90 Å². The number of nitrogens with zero attached hydrogens (tertiary/aromatic N) is 1. The average molecular weight is 277 g/mol. The second kappa shape index (κ2) is 8.95. The summed E-state index contributed by atoms with van der Waals surface area (Å²) in [4.78, 5) is 24.4. The van der Waals surface area contributed by atoms with Gasteiger partial charge in [-0.25, -0.2) is 0 Å². The maximum atomic E-state index is 11.1. The predicted octanol–water partition coefficient (Wildman–Crippen LogP) is -4.87. The average Bonchev–Trinajstić information content (AvgIpc) is 2.27. The molecular weight excluding hydrogens is 256 g/mol. The molecule has 0 aromatic heterocycles. The van der Waals surface area contributed by atoms with Crippen molar-refractivity contribution >= 4 is 11.9 Å². The Balaban J connectivity index is -0.000000320. The van der Waals surface area contributed by atoms with E-state index in [0.29, 0.717) is 12.8 Å². The van der Waals surface area contributed by atoms with Gasteiger partial charge in [0.05, 0.1) is 0 Å². The van der Waals surface area contributed by atoms with Crippen LogP contribution in [-0.4, -0.2) is 46.7 Å². The van der Waals surface area contributed by atoms with Gasteiger partial charge in [-0.2, -0.15) is 0 Å². The summed E-state index contributed by atoms with van der Waals surface area (Å²) in [5.41, 5.74) is -1.64. The second-order valence-corrected chi connectivity index (χ2v) is 4.52. The molecule has 2 N–H and O–H groups in total. The van der Waals surface area contributed by atoms with E-state index >= 15 is 0 Å². The van der Waals surface area contributed by atoms with Crippen LogP contribution in [0.5, 0.6) is 0 Å². The molecule has 0 aromatic carbocycles. The second-order valence-electron chi connectivity index (χ2n) is 4.52. The van der Waals surface area contributed by atoms with Gasteiger partial charge in [-0.1, -0.05) is 6.92 Å². The van der Waals surface area contributed by atoms with E-state index in [1.807, 2.05) is 6.92 Å². The first-order valence-corrected chi connectivity index (χ1v) is 5.62. The van der Waals surface area contributed by atoms with Crippen LogP contribution in [0.4, 0.5) is 0 Å². The largest absolute Gasteiger partial charge is 1.00 e. The molecule has 5 nitrogen and oxygen atoms in total. The van der Waals surface area contributed by atoms with Crippen molar-refractivity contribution in [1.29, 1.82) is 0 Å². The molecule has 0 bridgehead atoms. The Morgan fingerprint density at radius 1 is 1.22 bits per heavy atom. The summed E-state index contributed by atoms with van der Waals surface area (Å²) in [6.07, 6.45) is 1.28. The van der Waals surface area contributed by atoms with Gasteiger partial charge in [0.15, 0.2) is 5.41 Å². The van der Waals surface area contributed by atoms with Gasteiger partial charge in [-0.05, 0) is 45.3 Å². The first kappa shape index (κ1) is 21.2. The zero-order valence-electron chi connectivity index (χ0n) is 13.8. The van der Waals surface area contributed by atoms with Gasteiger partial charge in [0.1, 0.15) is 0 Å². The zero-order chi connectivity index (χ0) is 12.3. The summed E-state index contributed by atoms with van der Waals surface area (Å²) >= 11 is 0. The molecule has 1 fully saturated rings. The number of carboxylic acids is 2. The fraction of sp³-hybridized carbons (Fsp3) is 0.818. The van der Waals surface area contributed by atoms with E-state index in [1.54, 1.807) is 0 Å². The Hall–Kier alpha value is 0.900. The SMILES string of the molecule is CCN1CCC(C(C)(C(=O)O)C(=O)O)CC1.[H-].[H-].[Na+].[Na+]. The summed E-state index contributed by atoms with van der Waals surface area (Å²) in [6, 6.07) is 0. The number of carboxylic acid groups (broad SMARTS) is 2. The summed E-state index contributed by atoms with van der Waals surface area (Å²) in [5.74, 6) is -2.73. The van der Waals surface area contributed by atoms with E-state index < -0.39 is 17.4 Å². The molecule has 0 amide bonds. The van der Waals surface area contributed by atoms with E-state index in [-0.39, 0.29) is 67.9 Å². The number of aliphatic carboxylic acids is 2. The van der Waals surface area contributed by atoms with Crippen LogP contribution in [0.3, 0.4) is 0 Å². The van der Waals surface area contributed by atoms with Gasteiger partial charge in [0.2, 0.25) is 0 Å². The predicted molar refractivity (Wildman–Crippen MR) is 60.4 cm³/mol. The van der Waals surface area contributed by atoms with Gasteiger partial charge < -0.3 is 18.0 Å². The van der Waals surface area contributed by atoms with Gasteiger partial charge in [0.25, 0.3) is 0 Å². The van der Waals surface area contributed by atoms with Crippen LogP contribution in [0.2, 0.25) is 0 Å². The summed E-state index contributed by atoms with van der Waals surface area (Å²) < 4.78 is 0. The molecule has 0 spiro atoms. The van der Waals surface area contributed by atoms with Crippen molar-refractivity contribution in [2.45, 2.75) is 26.7 Å². The molecule has 1 rings (SSSR count). The third kappa shape index (κ3) is 4.47. The Labute approximate surface area is 155 Å². The van der Waals surface area contributed by atoms with Crippen molar-refractivity contribution in [3.63, 3.8) is 0 Å². The van der Waals surface area contributed by atoms with Gasteiger partial charge in [-0.15, -0.1) is 0 Å². The van der Waals surface area contributed by atoms with Crippen LogP contribution in [-0.2, 0) is 9.59 Å². The normalized spacial score (nSPS) is 17.4. The first-order chi connectivity index (χ1) is 7.42. The fourth-order valence-corrected chi connectivity index (χ4v) is 2.27. The Morgan fingerprint density at radius 3 is 1.89 bits per heavy atom. The summed E-state index contributed by atoms with van der Waals surface area (Å²) in [7, 11) is 0. The molecule has 0 atom stereocenters. The number of carbonyl (C=O) groups is 2. The van der Waals surface area contributed by atoms with Crippen LogP contribution in [0, 0.1) is 11.3 Å². The Morgan fingerprint density at radius 2 is 1.61 bits per heavy atom. The van der Waals surface area contributed by atoms with Crippen molar-refractivity contribution in [2.75, 3.05) is 19.6 Å². The maximum absolute atomic E-state index is 11.1. The molecule has 0 aromatic rings. The van der Waals surface area contributed by atoms with Crippen molar-refractivity contribution in [3.05, 3.63) is 0 Å². The van der Waals surface area contributed by atoms with Crippen LogP contribution in [0.15, 0.2) is 0 Å². The van der Waals surface area contributed by atoms with Gasteiger partial charge in [0, 0.05) is 0 Å². The Kier molecular flexibility index (Phi) is 10.5. The molecule has 7 heteroatoms. The van der Waals surface area contributed by atoms with E-state index in [0.717, 1.165) is 19.6 Å². The number of hydrogen-bond donors (Lipinski definition) is 2. The Bertz CT molecular complexity index is 286. The molecule has 0 radical (unpaired) electrons. The molecule has 1 aliphatic rings. The van der Waals surface area contributed by atoms with Crippen LogP contribution < -0.4 is 59.1 Å². The number of piperidine rings is 1. The molecule has 1 aliphatic heterocycles. The molecule has 1 saturated heterocycles. The number of likely N-dealkylation sites (tertiary alicyclic amines) is 1. The third-order valence-corrected chi connectivity index (χ3v) is 3.74. The van der Waals surface area contributed by atoms with Crippen LogP contribution >= 0.6 is 0 Å². The van der Waals surface area contributed by atoms with E-state index in [1.165, 1.54) is 6.92 Å². The van der Waals surface area contributed by atoms with Crippen molar-refractivity contribution < 1.29 is 81.8 Å². The minimum Gasteiger partial charge on any atom is -1.00 e. The van der Waals surface area contributed by atoms with E-state index in [4.69, 9.17) is 10.2 Å².